The number of nitrogens with zero attached hydrogens (tertiary/aromatic N) is 1. The van der Waals surface area contributed by atoms with Crippen molar-refractivity contribution in [2.75, 3.05) is 27.2 Å². The fraction of sp³-hybridized carbons (Fsp3) is 0.647. The van der Waals surface area contributed by atoms with Gasteiger partial charge in [0.05, 0.1) is 7.11 Å². The minimum atomic E-state index is 0.789. The fourth-order valence-corrected chi connectivity index (χ4v) is 3.06. The van der Waals surface area contributed by atoms with Crippen LogP contribution in [-0.4, -0.2) is 32.1 Å². The van der Waals surface area contributed by atoms with E-state index in [0.29, 0.717) is 0 Å². The van der Waals surface area contributed by atoms with Gasteiger partial charge in [0.2, 0.25) is 0 Å². The van der Waals surface area contributed by atoms with Gasteiger partial charge in [-0.3, -0.25) is 4.90 Å². The first-order valence-electron chi connectivity index (χ1n) is 7.66. The van der Waals surface area contributed by atoms with Crippen LogP contribution in [0.3, 0.4) is 0 Å². The third kappa shape index (κ3) is 3.74. The van der Waals surface area contributed by atoms with E-state index in [1.807, 2.05) is 7.05 Å². The second-order valence-electron chi connectivity index (χ2n) is 6.20. The number of hydrogen-bond acceptors (Lipinski definition) is 3. The summed E-state index contributed by atoms with van der Waals surface area (Å²) in [7, 11) is 3.75. The average Bonchev–Trinajstić information content (AvgIpc) is 2.88. The van der Waals surface area contributed by atoms with Crippen LogP contribution in [0.4, 0.5) is 0 Å². The molecule has 0 amide bonds. The Morgan fingerprint density at radius 3 is 2.80 bits per heavy atom. The standard InChI is InChI=1S/C17H28N2O/c1-13(2)15-7-8-19(11-15)12-16-9-14(10-18-3)5-6-17(16)20-4/h5-6,9,13,15,18H,7-8,10-12H2,1-4H3. The summed E-state index contributed by atoms with van der Waals surface area (Å²) in [5.74, 6) is 2.65. The van der Waals surface area contributed by atoms with Crippen molar-refractivity contribution in [2.24, 2.45) is 11.8 Å². The molecular weight excluding hydrogens is 248 g/mol. The monoisotopic (exact) mass is 276 g/mol. The molecule has 1 fully saturated rings. The van der Waals surface area contributed by atoms with Gasteiger partial charge in [-0.1, -0.05) is 19.9 Å². The molecule has 0 aliphatic carbocycles. The third-order valence-electron chi connectivity index (χ3n) is 4.37. The molecular formula is C17H28N2O. The van der Waals surface area contributed by atoms with Gasteiger partial charge in [-0.15, -0.1) is 0 Å². The number of benzene rings is 1. The molecule has 1 aliphatic heterocycles. The van der Waals surface area contributed by atoms with E-state index in [1.54, 1.807) is 7.11 Å². The molecule has 1 N–H and O–H groups in total. The quantitative estimate of drug-likeness (QED) is 0.864. The van der Waals surface area contributed by atoms with E-state index in [-0.39, 0.29) is 0 Å². The predicted octanol–water partition coefficient (Wildman–Crippen LogP) is 2.89. The van der Waals surface area contributed by atoms with E-state index >= 15 is 0 Å². The maximum atomic E-state index is 5.52. The Labute approximate surface area is 123 Å². The van der Waals surface area contributed by atoms with Crippen LogP contribution in [0.25, 0.3) is 0 Å². The number of likely N-dealkylation sites (tertiary alicyclic amines) is 1. The van der Waals surface area contributed by atoms with Crippen LogP contribution in [0.5, 0.6) is 5.75 Å². The van der Waals surface area contributed by atoms with Gasteiger partial charge in [0.25, 0.3) is 0 Å². The van der Waals surface area contributed by atoms with E-state index in [4.69, 9.17) is 4.74 Å². The Hall–Kier alpha value is -1.06. The highest BCUT2D eigenvalue weighted by Crippen LogP contribution is 2.28. The van der Waals surface area contributed by atoms with E-state index in [9.17, 15) is 0 Å². The van der Waals surface area contributed by atoms with Crippen molar-refractivity contribution >= 4 is 0 Å². The van der Waals surface area contributed by atoms with Crippen LogP contribution in [0.1, 0.15) is 31.4 Å². The Bertz CT molecular complexity index is 431. The first-order chi connectivity index (χ1) is 9.63. The van der Waals surface area contributed by atoms with Crippen molar-refractivity contribution in [3.63, 3.8) is 0 Å². The van der Waals surface area contributed by atoms with Gasteiger partial charge in [-0.05, 0) is 49.5 Å². The molecule has 1 unspecified atom stereocenters. The lowest BCUT2D eigenvalue weighted by molar-refractivity contribution is 0.291. The molecule has 1 saturated heterocycles. The lowest BCUT2D eigenvalue weighted by Gasteiger charge is -2.20. The van der Waals surface area contributed by atoms with Crippen molar-refractivity contribution in [2.45, 2.75) is 33.4 Å². The number of rotatable bonds is 6. The first kappa shape index (κ1) is 15.3. The Balaban J connectivity index is 2.06. The summed E-state index contributed by atoms with van der Waals surface area (Å²) in [4.78, 5) is 2.56. The highest BCUT2D eigenvalue weighted by molar-refractivity contribution is 5.37. The van der Waals surface area contributed by atoms with Crippen LogP contribution >= 0.6 is 0 Å². The highest BCUT2D eigenvalue weighted by atomic mass is 16.5. The SMILES string of the molecule is CNCc1ccc(OC)c(CN2CCC(C(C)C)C2)c1. The summed E-state index contributed by atoms with van der Waals surface area (Å²) in [6.45, 7) is 9.01. The van der Waals surface area contributed by atoms with Crippen LogP contribution in [-0.2, 0) is 13.1 Å². The van der Waals surface area contributed by atoms with Gasteiger partial charge < -0.3 is 10.1 Å². The van der Waals surface area contributed by atoms with Crippen molar-refractivity contribution in [3.05, 3.63) is 29.3 Å². The van der Waals surface area contributed by atoms with Crippen molar-refractivity contribution < 1.29 is 4.74 Å². The molecule has 1 atom stereocenters. The maximum Gasteiger partial charge on any atom is 0.123 e. The summed E-state index contributed by atoms with van der Waals surface area (Å²) < 4.78 is 5.52. The molecule has 0 aromatic heterocycles. The second kappa shape index (κ2) is 7.09. The lowest BCUT2D eigenvalue weighted by Crippen LogP contribution is -2.22. The molecule has 2 rings (SSSR count). The van der Waals surface area contributed by atoms with E-state index < -0.39 is 0 Å². The third-order valence-corrected chi connectivity index (χ3v) is 4.37. The van der Waals surface area contributed by atoms with Gasteiger partial charge in [0.1, 0.15) is 5.75 Å². The van der Waals surface area contributed by atoms with Gasteiger partial charge in [0, 0.05) is 25.2 Å². The lowest BCUT2D eigenvalue weighted by atomic mass is 9.95. The van der Waals surface area contributed by atoms with Crippen molar-refractivity contribution in [1.82, 2.24) is 10.2 Å². The zero-order chi connectivity index (χ0) is 14.5. The van der Waals surface area contributed by atoms with Crippen LogP contribution < -0.4 is 10.1 Å². The Morgan fingerprint density at radius 1 is 1.40 bits per heavy atom. The second-order valence-corrected chi connectivity index (χ2v) is 6.20. The molecule has 1 aromatic carbocycles. The summed E-state index contributed by atoms with van der Waals surface area (Å²) in [6.07, 6.45) is 1.33. The zero-order valence-corrected chi connectivity index (χ0v) is 13.3. The molecule has 1 aliphatic rings. The Kier molecular flexibility index (Phi) is 5.44. The van der Waals surface area contributed by atoms with Gasteiger partial charge in [-0.25, -0.2) is 0 Å². The van der Waals surface area contributed by atoms with E-state index in [2.05, 4.69) is 42.3 Å². The molecule has 20 heavy (non-hydrogen) atoms. The number of ether oxygens (including phenoxy) is 1. The predicted molar refractivity (Wildman–Crippen MR) is 84.0 cm³/mol. The summed E-state index contributed by atoms with van der Waals surface area (Å²) in [6, 6.07) is 6.51. The average molecular weight is 276 g/mol. The summed E-state index contributed by atoms with van der Waals surface area (Å²) in [5.41, 5.74) is 2.63. The van der Waals surface area contributed by atoms with E-state index in [0.717, 1.165) is 30.7 Å². The maximum absolute atomic E-state index is 5.52. The zero-order valence-electron chi connectivity index (χ0n) is 13.3. The molecule has 1 aromatic rings. The molecule has 0 spiro atoms. The summed E-state index contributed by atoms with van der Waals surface area (Å²) in [5, 5.41) is 3.21. The van der Waals surface area contributed by atoms with Crippen LogP contribution in [0, 0.1) is 11.8 Å². The minimum absolute atomic E-state index is 0.789. The molecule has 1 heterocycles. The van der Waals surface area contributed by atoms with Crippen LogP contribution in [0.15, 0.2) is 18.2 Å². The highest BCUT2D eigenvalue weighted by Gasteiger charge is 2.25. The minimum Gasteiger partial charge on any atom is -0.496 e. The molecule has 0 bridgehead atoms. The van der Waals surface area contributed by atoms with Gasteiger partial charge in [-0.2, -0.15) is 0 Å². The van der Waals surface area contributed by atoms with Crippen molar-refractivity contribution in [1.29, 1.82) is 0 Å². The molecule has 3 nitrogen and oxygen atoms in total. The Morgan fingerprint density at radius 2 is 2.20 bits per heavy atom. The molecule has 0 radical (unpaired) electrons. The van der Waals surface area contributed by atoms with E-state index in [1.165, 1.54) is 30.6 Å². The van der Waals surface area contributed by atoms with Gasteiger partial charge in [0.15, 0.2) is 0 Å². The molecule has 3 heteroatoms. The van der Waals surface area contributed by atoms with Crippen molar-refractivity contribution in [3.8, 4) is 5.75 Å². The largest absolute Gasteiger partial charge is 0.496 e. The topological polar surface area (TPSA) is 24.5 Å². The summed E-state index contributed by atoms with van der Waals surface area (Å²) >= 11 is 0. The molecule has 112 valence electrons. The number of methoxy groups -OCH3 is 1. The van der Waals surface area contributed by atoms with Gasteiger partial charge >= 0.3 is 0 Å². The smallest absolute Gasteiger partial charge is 0.123 e. The number of nitrogens with one attached hydrogen (secondary N) is 1. The fourth-order valence-electron chi connectivity index (χ4n) is 3.06. The normalized spacial score (nSPS) is 19.8. The number of hydrogen-bond donors (Lipinski definition) is 1. The first-order valence-corrected chi connectivity index (χ1v) is 7.66. The van der Waals surface area contributed by atoms with Crippen LogP contribution in [0.2, 0.25) is 0 Å². The molecule has 0 saturated carbocycles.